The van der Waals surface area contributed by atoms with E-state index in [2.05, 4.69) is 6.58 Å². The molecule has 1 saturated heterocycles. The molecular weight excluding hydrogens is 280 g/mol. The summed E-state index contributed by atoms with van der Waals surface area (Å²) >= 11 is 0. The molecule has 2 unspecified atom stereocenters. The van der Waals surface area contributed by atoms with Gasteiger partial charge in [-0.2, -0.15) is 0 Å². The second-order valence-corrected chi connectivity index (χ2v) is 5.04. The van der Waals surface area contributed by atoms with Gasteiger partial charge in [0.05, 0.1) is 13.0 Å². The van der Waals surface area contributed by atoms with Crippen LogP contribution in [0.2, 0.25) is 0 Å². The molecule has 0 aromatic rings. The van der Waals surface area contributed by atoms with Crippen molar-refractivity contribution in [1.29, 1.82) is 0 Å². The highest BCUT2D eigenvalue weighted by atomic mass is 16.6. The number of carbonyl (C=O) groups is 3. The summed E-state index contributed by atoms with van der Waals surface area (Å²) in [5.74, 6) is -2.93. The molecule has 0 spiro atoms. The lowest BCUT2D eigenvalue weighted by Gasteiger charge is -2.29. The van der Waals surface area contributed by atoms with Gasteiger partial charge in [0.25, 0.3) is 0 Å². The molecule has 0 amide bonds. The monoisotopic (exact) mass is 300 g/mol. The highest BCUT2D eigenvalue weighted by Gasteiger charge is 2.46. The Morgan fingerprint density at radius 1 is 1.43 bits per heavy atom. The lowest BCUT2D eigenvalue weighted by atomic mass is 9.93. The van der Waals surface area contributed by atoms with E-state index in [4.69, 9.17) is 19.3 Å². The molecular formula is C14H20O7. The Kier molecular flexibility index (Phi) is 5.90. The molecule has 1 N–H and O–H groups in total. The van der Waals surface area contributed by atoms with Crippen molar-refractivity contribution in [3.05, 3.63) is 12.2 Å². The minimum atomic E-state index is -1.83. The summed E-state index contributed by atoms with van der Waals surface area (Å²) in [7, 11) is 0. The van der Waals surface area contributed by atoms with Gasteiger partial charge in [0.15, 0.2) is 0 Å². The van der Waals surface area contributed by atoms with Gasteiger partial charge in [-0.1, -0.05) is 19.9 Å². The molecule has 0 aromatic heterocycles. The Balaban J connectivity index is 2.90. The van der Waals surface area contributed by atoms with Gasteiger partial charge in [-0.05, 0) is 13.3 Å². The van der Waals surface area contributed by atoms with Crippen molar-refractivity contribution in [3.8, 4) is 0 Å². The van der Waals surface area contributed by atoms with E-state index in [1.54, 1.807) is 6.92 Å². The maximum absolute atomic E-state index is 12.2. The third kappa shape index (κ3) is 5.18. The van der Waals surface area contributed by atoms with Gasteiger partial charge in [-0.25, -0.2) is 9.59 Å². The Morgan fingerprint density at radius 3 is 2.48 bits per heavy atom. The van der Waals surface area contributed by atoms with E-state index >= 15 is 0 Å². The predicted molar refractivity (Wildman–Crippen MR) is 71.5 cm³/mol. The van der Waals surface area contributed by atoms with Crippen LogP contribution in [0.3, 0.4) is 0 Å². The van der Waals surface area contributed by atoms with Crippen molar-refractivity contribution < 1.29 is 33.7 Å². The third-order valence-corrected chi connectivity index (χ3v) is 2.90. The zero-order valence-electron chi connectivity index (χ0n) is 12.2. The molecule has 2 atom stereocenters. The highest BCUT2D eigenvalue weighted by Crippen LogP contribution is 2.27. The van der Waals surface area contributed by atoms with Crippen LogP contribution in [0.5, 0.6) is 0 Å². The summed E-state index contributed by atoms with van der Waals surface area (Å²) in [4.78, 5) is 35.0. The minimum absolute atomic E-state index is 0.0224. The molecule has 1 aliphatic rings. The van der Waals surface area contributed by atoms with Crippen molar-refractivity contribution in [2.75, 3.05) is 13.2 Å². The average molecular weight is 300 g/mol. The van der Waals surface area contributed by atoms with Crippen molar-refractivity contribution >= 4 is 17.9 Å². The number of esters is 2. The normalized spacial score (nSPS) is 19.2. The second kappa shape index (κ2) is 7.21. The van der Waals surface area contributed by atoms with Crippen molar-refractivity contribution in [1.82, 2.24) is 0 Å². The zero-order chi connectivity index (χ0) is 16.0. The number of rotatable bonds is 9. The van der Waals surface area contributed by atoms with Crippen LogP contribution in [0.25, 0.3) is 0 Å². The van der Waals surface area contributed by atoms with Crippen LogP contribution in [0.1, 0.15) is 33.1 Å². The third-order valence-electron chi connectivity index (χ3n) is 2.90. The summed E-state index contributed by atoms with van der Waals surface area (Å²) in [6.45, 7) is 7.12. The molecule has 0 radical (unpaired) electrons. The molecule has 0 bridgehead atoms. The summed E-state index contributed by atoms with van der Waals surface area (Å²) < 4.78 is 15.1. The Hall–Kier alpha value is -1.89. The molecule has 7 heteroatoms. The van der Waals surface area contributed by atoms with Crippen LogP contribution >= 0.6 is 0 Å². The van der Waals surface area contributed by atoms with Crippen molar-refractivity contribution in [2.45, 2.75) is 44.8 Å². The van der Waals surface area contributed by atoms with Crippen LogP contribution in [-0.4, -0.2) is 47.9 Å². The summed E-state index contributed by atoms with van der Waals surface area (Å²) in [5, 5.41) is 9.02. The molecule has 0 saturated carbocycles. The maximum atomic E-state index is 12.2. The van der Waals surface area contributed by atoms with Gasteiger partial charge in [-0.15, -0.1) is 0 Å². The molecule has 118 valence electrons. The first-order valence-corrected chi connectivity index (χ1v) is 6.70. The first kappa shape index (κ1) is 17.2. The first-order valence-electron chi connectivity index (χ1n) is 6.70. The second-order valence-electron chi connectivity index (χ2n) is 5.04. The van der Waals surface area contributed by atoms with E-state index in [0.717, 1.165) is 0 Å². The number of carbonyl (C=O) groups excluding carboxylic acids is 2. The number of ether oxygens (including phenoxy) is 3. The predicted octanol–water partition coefficient (Wildman–Crippen LogP) is 1.06. The van der Waals surface area contributed by atoms with Gasteiger partial charge in [0, 0.05) is 5.57 Å². The lowest BCUT2D eigenvalue weighted by Crippen LogP contribution is -2.47. The molecule has 1 aliphatic heterocycles. The topological polar surface area (TPSA) is 102 Å². The van der Waals surface area contributed by atoms with E-state index in [0.29, 0.717) is 13.0 Å². The van der Waals surface area contributed by atoms with E-state index in [1.165, 1.54) is 6.92 Å². The fourth-order valence-electron chi connectivity index (χ4n) is 1.77. The standard InChI is InChI=1S/C14H20O7/c1-4-5-14(6-11(15)16,21-12(17)9(2)3)13(18)20-8-10-7-19-10/h10H,2,4-8H2,1,3H3,(H,15,16). The number of carboxylic acid groups (broad SMARTS) is 1. The molecule has 0 aliphatic carbocycles. The maximum Gasteiger partial charge on any atom is 0.351 e. The Bertz CT molecular complexity index is 439. The van der Waals surface area contributed by atoms with E-state index < -0.39 is 29.9 Å². The molecule has 1 heterocycles. The molecule has 1 fully saturated rings. The van der Waals surface area contributed by atoms with E-state index in [1.807, 2.05) is 0 Å². The largest absolute Gasteiger partial charge is 0.481 e. The van der Waals surface area contributed by atoms with Crippen LogP contribution in [0.4, 0.5) is 0 Å². The van der Waals surface area contributed by atoms with Gasteiger partial charge in [0.1, 0.15) is 12.7 Å². The van der Waals surface area contributed by atoms with Crippen LogP contribution in [-0.2, 0) is 28.6 Å². The summed E-state index contributed by atoms with van der Waals surface area (Å²) in [6.07, 6.45) is -0.298. The van der Waals surface area contributed by atoms with E-state index in [-0.39, 0.29) is 24.7 Å². The molecule has 1 rings (SSSR count). The first-order chi connectivity index (χ1) is 9.80. The molecule has 0 aromatic carbocycles. The summed E-state index contributed by atoms with van der Waals surface area (Å²) in [5.41, 5.74) is -1.75. The van der Waals surface area contributed by atoms with Crippen LogP contribution in [0, 0.1) is 0 Å². The van der Waals surface area contributed by atoms with Gasteiger partial charge >= 0.3 is 17.9 Å². The smallest absolute Gasteiger partial charge is 0.351 e. The number of epoxide rings is 1. The average Bonchev–Trinajstić information content (AvgIpc) is 3.18. The van der Waals surface area contributed by atoms with Gasteiger partial charge in [0.2, 0.25) is 5.60 Å². The van der Waals surface area contributed by atoms with Crippen LogP contribution < -0.4 is 0 Å². The molecule has 7 nitrogen and oxygen atoms in total. The highest BCUT2D eigenvalue weighted by molar-refractivity contribution is 5.92. The number of hydrogen-bond acceptors (Lipinski definition) is 6. The number of carboxylic acids is 1. The van der Waals surface area contributed by atoms with Gasteiger partial charge < -0.3 is 19.3 Å². The van der Waals surface area contributed by atoms with Crippen molar-refractivity contribution in [2.24, 2.45) is 0 Å². The number of aliphatic carboxylic acids is 1. The fraction of sp³-hybridized carbons (Fsp3) is 0.643. The Morgan fingerprint density at radius 2 is 2.05 bits per heavy atom. The van der Waals surface area contributed by atoms with Gasteiger partial charge in [-0.3, -0.25) is 4.79 Å². The Labute approximate surface area is 122 Å². The minimum Gasteiger partial charge on any atom is -0.481 e. The van der Waals surface area contributed by atoms with Crippen molar-refractivity contribution in [3.63, 3.8) is 0 Å². The number of hydrogen-bond donors (Lipinski definition) is 1. The quantitative estimate of drug-likeness (QED) is 0.386. The summed E-state index contributed by atoms with van der Waals surface area (Å²) in [6, 6.07) is 0. The fourth-order valence-corrected chi connectivity index (χ4v) is 1.77. The lowest BCUT2D eigenvalue weighted by molar-refractivity contribution is -0.185. The van der Waals surface area contributed by atoms with E-state index in [9.17, 15) is 14.4 Å². The molecule has 21 heavy (non-hydrogen) atoms. The zero-order valence-corrected chi connectivity index (χ0v) is 12.2. The van der Waals surface area contributed by atoms with Crippen LogP contribution in [0.15, 0.2) is 12.2 Å². The SMILES string of the molecule is C=C(C)C(=O)OC(CCC)(CC(=O)O)C(=O)OCC1CO1.